The fourth-order valence-corrected chi connectivity index (χ4v) is 1.94. The highest BCUT2D eigenvalue weighted by atomic mass is 35.5. The topological polar surface area (TPSA) is 76.9 Å². The van der Waals surface area contributed by atoms with Gasteiger partial charge in [0.05, 0.1) is 23.0 Å². The number of hydrazine groups is 1. The molecule has 0 heterocycles. The van der Waals surface area contributed by atoms with Gasteiger partial charge in [-0.3, -0.25) is 15.6 Å². The average Bonchev–Trinajstić information content (AvgIpc) is 2.52. The number of halogens is 1. The van der Waals surface area contributed by atoms with Crippen LogP contribution in [-0.4, -0.2) is 13.0 Å². The number of nitriles is 1. The molecule has 2 aromatic rings. The normalized spacial score (nSPS) is 9.57. The van der Waals surface area contributed by atoms with E-state index >= 15 is 0 Å². The third kappa shape index (κ3) is 3.65. The lowest BCUT2D eigenvalue weighted by atomic mass is 10.1. The maximum Gasteiger partial charge on any atom is 0.269 e. The van der Waals surface area contributed by atoms with Gasteiger partial charge in [-0.25, -0.2) is 0 Å². The maximum atomic E-state index is 12.0. The van der Waals surface area contributed by atoms with E-state index in [1.807, 2.05) is 6.07 Å². The molecule has 106 valence electrons. The predicted octanol–water partition coefficient (Wildman–Crippen LogP) is 3.01. The second kappa shape index (κ2) is 6.64. The van der Waals surface area contributed by atoms with Gasteiger partial charge in [0.2, 0.25) is 0 Å². The summed E-state index contributed by atoms with van der Waals surface area (Å²) < 4.78 is 0. The first kappa shape index (κ1) is 14.7. The van der Waals surface area contributed by atoms with Crippen LogP contribution in [0.15, 0.2) is 42.5 Å². The molecule has 0 spiro atoms. The summed E-state index contributed by atoms with van der Waals surface area (Å²) in [5.74, 6) is -0.339. The number of amides is 1. The van der Waals surface area contributed by atoms with Gasteiger partial charge in [-0.2, -0.15) is 5.26 Å². The molecule has 0 aromatic heterocycles. The number of anilines is 2. The molecular weight excluding hydrogens is 288 g/mol. The lowest BCUT2D eigenvalue weighted by Crippen LogP contribution is -2.29. The Morgan fingerprint density at radius 1 is 1.19 bits per heavy atom. The largest absolute Gasteiger partial charge is 0.386 e. The second-order valence-electron chi connectivity index (χ2n) is 4.21. The van der Waals surface area contributed by atoms with Crippen LogP contribution in [0.1, 0.15) is 15.9 Å². The van der Waals surface area contributed by atoms with Crippen LogP contribution in [0.5, 0.6) is 0 Å². The summed E-state index contributed by atoms with van der Waals surface area (Å²) in [5, 5.41) is 12.4. The number of nitrogens with one attached hydrogen (secondary N) is 3. The molecule has 0 aliphatic heterocycles. The van der Waals surface area contributed by atoms with Crippen LogP contribution in [0.2, 0.25) is 5.02 Å². The van der Waals surface area contributed by atoms with E-state index in [9.17, 15) is 4.79 Å². The third-order valence-electron chi connectivity index (χ3n) is 2.82. The summed E-state index contributed by atoms with van der Waals surface area (Å²) in [6, 6.07) is 13.7. The van der Waals surface area contributed by atoms with E-state index in [0.29, 0.717) is 21.8 Å². The minimum atomic E-state index is -0.339. The molecule has 3 N–H and O–H groups in total. The Labute approximate surface area is 127 Å². The Bertz CT molecular complexity index is 709. The van der Waals surface area contributed by atoms with Crippen molar-refractivity contribution < 1.29 is 4.79 Å². The fraction of sp³-hybridized carbons (Fsp3) is 0.0667. The summed E-state index contributed by atoms with van der Waals surface area (Å²) >= 11 is 5.93. The summed E-state index contributed by atoms with van der Waals surface area (Å²) in [6.07, 6.45) is 0. The van der Waals surface area contributed by atoms with Gasteiger partial charge in [-0.1, -0.05) is 17.7 Å². The van der Waals surface area contributed by atoms with E-state index in [0.717, 1.165) is 5.69 Å². The highest BCUT2D eigenvalue weighted by molar-refractivity contribution is 6.31. The van der Waals surface area contributed by atoms with E-state index in [2.05, 4.69) is 16.2 Å². The van der Waals surface area contributed by atoms with Gasteiger partial charge >= 0.3 is 0 Å². The Morgan fingerprint density at radius 2 is 2.00 bits per heavy atom. The van der Waals surface area contributed by atoms with Gasteiger partial charge in [-0.15, -0.1) is 0 Å². The van der Waals surface area contributed by atoms with Crippen molar-refractivity contribution in [2.24, 2.45) is 0 Å². The zero-order valence-electron chi connectivity index (χ0n) is 11.3. The molecule has 0 radical (unpaired) electrons. The Balaban J connectivity index is 2.11. The molecule has 21 heavy (non-hydrogen) atoms. The Hall–Kier alpha value is -2.71. The third-order valence-corrected chi connectivity index (χ3v) is 3.05. The fourth-order valence-electron chi connectivity index (χ4n) is 1.76. The number of carbonyl (C=O) groups excluding carboxylic acids is 1. The quantitative estimate of drug-likeness (QED) is 0.759. The highest BCUT2D eigenvalue weighted by Gasteiger charge is 2.07. The van der Waals surface area contributed by atoms with Crippen LogP contribution in [0.3, 0.4) is 0 Å². The van der Waals surface area contributed by atoms with Gasteiger partial charge in [0.25, 0.3) is 5.91 Å². The zero-order chi connectivity index (χ0) is 15.2. The first-order valence-corrected chi connectivity index (χ1v) is 6.55. The predicted molar refractivity (Wildman–Crippen MR) is 83.2 cm³/mol. The number of hydrogen-bond donors (Lipinski definition) is 3. The number of rotatable bonds is 4. The van der Waals surface area contributed by atoms with Gasteiger partial charge in [0, 0.05) is 17.6 Å². The van der Waals surface area contributed by atoms with Crippen molar-refractivity contribution in [3.05, 3.63) is 58.6 Å². The van der Waals surface area contributed by atoms with Gasteiger partial charge in [0.15, 0.2) is 0 Å². The summed E-state index contributed by atoms with van der Waals surface area (Å²) in [4.78, 5) is 12.0. The molecule has 1 amide bonds. The zero-order valence-corrected chi connectivity index (χ0v) is 12.0. The second-order valence-corrected chi connectivity index (χ2v) is 4.65. The first-order valence-electron chi connectivity index (χ1n) is 6.18. The van der Waals surface area contributed by atoms with Crippen LogP contribution >= 0.6 is 11.6 Å². The highest BCUT2D eigenvalue weighted by Crippen LogP contribution is 2.24. The summed E-state index contributed by atoms with van der Waals surface area (Å²) in [6.45, 7) is 0. The van der Waals surface area contributed by atoms with Crippen LogP contribution < -0.4 is 16.2 Å². The minimum absolute atomic E-state index is 0.339. The summed E-state index contributed by atoms with van der Waals surface area (Å²) in [7, 11) is 1.77. The number of carbonyl (C=O) groups is 1. The molecule has 2 rings (SSSR count). The van der Waals surface area contributed by atoms with Crippen molar-refractivity contribution in [2.75, 3.05) is 17.8 Å². The standard InChI is InChI=1S/C15H13ClN4O/c1-18-13-6-5-12(16)8-14(13)19-20-15(21)11-4-2-3-10(7-11)9-17/h2-8,18-19H,1H3,(H,20,21). The van der Waals surface area contributed by atoms with E-state index in [4.69, 9.17) is 16.9 Å². The SMILES string of the molecule is CNc1ccc(Cl)cc1NNC(=O)c1cccc(C#N)c1. The van der Waals surface area contributed by atoms with Crippen molar-refractivity contribution in [2.45, 2.75) is 0 Å². The van der Waals surface area contributed by atoms with E-state index in [-0.39, 0.29) is 5.91 Å². The lowest BCUT2D eigenvalue weighted by molar-refractivity contribution is 0.0962. The molecule has 0 bridgehead atoms. The number of hydrogen-bond acceptors (Lipinski definition) is 4. The average molecular weight is 301 g/mol. The van der Waals surface area contributed by atoms with Crippen LogP contribution in [0.4, 0.5) is 11.4 Å². The van der Waals surface area contributed by atoms with Gasteiger partial charge < -0.3 is 5.32 Å². The first-order chi connectivity index (χ1) is 10.1. The molecule has 0 saturated carbocycles. The molecule has 2 aromatic carbocycles. The molecule has 0 aliphatic carbocycles. The van der Waals surface area contributed by atoms with Crippen LogP contribution in [0, 0.1) is 11.3 Å². The molecule has 0 aliphatic rings. The van der Waals surface area contributed by atoms with E-state index in [1.54, 1.807) is 43.4 Å². The lowest BCUT2D eigenvalue weighted by Gasteiger charge is -2.13. The van der Waals surface area contributed by atoms with E-state index < -0.39 is 0 Å². The molecule has 0 saturated heterocycles. The maximum absolute atomic E-state index is 12.0. The Kier molecular flexibility index (Phi) is 4.64. The molecule has 6 heteroatoms. The molecule has 0 unspecified atom stereocenters. The van der Waals surface area contributed by atoms with E-state index in [1.165, 1.54) is 6.07 Å². The molecule has 5 nitrogen and oxygen atoms in total. The van der Waals surface area contributed by atoms with Crippen molar-refractivity contribution in [3.63, 3.8) is 0 Å². The van der Waals surface area contributed by atoms with Crippen molar-refractivity contribution >= 4 is 28.9 Å². The Morgan fingerprint density at radius 3 is 2.71 bits per heavy atom. The van der Waals surface area contributed by atoms with Gasteiger partial charge in [-0.05, 0) is 36.4 Å². The number of benzene rings is 2. The van der Waals surface area contributed by atoms with Crippen LogP contribution in [-0.2, 0) is 0 Å². The number of nitrogens with zero attached hydrogens (tertiary/aromatic N) is 1. The van der Waals surface area contributed by atoms with Crippen LogP contribution in [0.25, 0.3) is 0 Å². The van der Waals surface area contributed by atoms with Crippen molar-refractivity contribution in [1.82, 2.24) is 5.43 Å². The minimum Gasteiger partial charge on any atom is -0.386 e. The van der Waals surface area contributed by atoms with Crippen molar-refractivity contribution in [3.8, 4) is 6.07 Å². The molecular formula is C15H13ClN4O. The van der Waals surface area contributed by atoms with Gasteiger partial charge in [0.1, 0.15) is 0 Å². The molecule has 0 fully saturated rings. The smallest absolute Gasteiger partial charge is 0.269 e. The monoisotopic (exact) mass is 300 g/mol. The summed E-state index contributed by atoms with van der Waals surface area (Å²) in [5.41, 5.74) is 7.66. The molecule has 0 atom stereocenters. The van der Waals surface area contributed by atoms with Crippen molar-refractivity contribution in [1.29, 1.82) is 5.26 Å².